The molecule has 0 bridgehead atoms. The van der Waals surface area contributed by atoms with E-state index in [-0.39, 0.29) is 35.8 Å². The third-order valence-electron chi connectivity index (χ3n) is 20.7. The summed E-state index contributed by atoms with van der Waals surface area (Å²) in [6, 6.07) is 56.7. The highest BCUT2D eigenvalue weighted by Crippen LogP contribution is 2.38. The number of terminal acetylenes is 1. The molecule has 2 saturated carbocycles. The number of thiophene rings is 3. The molecule has 0 saturated heterocycles. The maximum atomic E-state index is 13.0. The number of hydrogen-bond donors (Lipinski definition) is 4. The highest BCUT2D eigenvalue weighted by Gasteiger charge is 2.25. The fourth-order valence-corrected chi connectivity index (χ4v) is 17.6. The number of anilines is 6. The molecule has 4 N–H and O–H groups in total. The summed E-state index contributed by atoms with van der Waals surface area (Å²) in [4.78, 5) is 71.0. The fourth-order valence-electron chi connectivity index (χ4n) is 14.7. The average molecular weight is 1500 g/mol. The van der Waals surface area contributed by atoms with E-state index in [9.17, 15) is 14.4 Å². The van der Waals surface area contributed by atoms with Crippen LogP contribution in [-0.4, -0.2) is 59.0 Å². The van der Waals surface area contributed by atoms with Crippen LogP contribution in [0.1, 0.15) is 213 Å². The Bertz CT molecular complexity index is 4640. The van der Waals surface area contributed by atoms with E-state index in [0.29, 0.717) is 43.5 Å². The van der Waals surface area contributed by atoms with Crippen molar-refractivity contribution in [1.29, 1.82) is 0 Å². The number of carbonyl (C=O) groups excluding carboxylic acids is 3. The predicted octanol–water partition coefficient (Wildman–Crippen LogP) is 23.9. The minimum Gasteiger partial charge on any atom is -0.469 e. The van der Waals surface area contributed by atoms with Gasteiger partial charge < -0.3 is 25.5 Å². The van der Waals surface area contributed by atoms with E-state index in [1.165, 1.54) is 133 Å². The molecule has 11 aromatic rings. The Hall–Kier alpha value is -9.57. The molecule has 7 heterocycles. The molecule has 7 aromatic heterocycles. The number of rotatable bonds is 34. The van der Waals surface area contributed by atoms with Crippen molar-refractivity contribution in [2.45, 2.75) is 181 Å². The van der Waals surface area contributed by atoms with E-state index in [0.717, 1.165) is 138 Å². The van der Waals surface area contributed by atoms with Crippen LogP contribution in [0.4, 0.5) is 34.9 Å². The summed E-state index contributed by atoms with van der Waals surface area (Å²) in [5.41, 5.74) is 10.5. The highest BCUT2D eigenvalue weighted by molar-refractivity contribution is 7.18. The van der Waals surface area contributed by atoms with Crippen molar-refractivity contribution in [3.05, 3.63) is 237 Å². The third kappa shape index (κ3) is 24.2. The zero-order chi connectivity index (χ0) is 75.2. The monoisotopic (exact) mass is 1500 g/mol. The second kappa shape index (κ2) is 41.7. The number of aliphatic hydroxyl groups is 1. The first kappa shape index (κ1) is 79.5. The van der Waals surface area contributed by atoms with Gasteiger partial charge in [-0.2, -0.15) is 0 Å². The summed E-state index contributed by atoms with van der Waals surface area (Å²) in [7, 11) is 0. The number of carbonyl (C=O) groups is 3. The minimum atomic E-state index is -0.0372. The first-order chi connectivity index (χ1) is 52.9. The van der Waals surface area contributed by atoms with Crippen molar-refractivity contribution in [1.82, 2.24) is 29.9 Å². The van der Waals surface area contributed by atoms with Gasteiger partial charge in [-0.1, -0.05) is 146 Å². The second-order valence-electron chi connectivity index (χ2n) is 28.9. The van der Waals surface area contributed by atoms with Crippen LogP contribution in [0.2, 0.25) is 0 Å². The summed E-state index contributed by atoms with van der Waals surface area (Å²) in [5.74, 6) is 9.18. The molecule has 2 aliphatic rings. The Morgan fingerprint density at radius 3 is 1.47 bits per heavy atom. The van der Waals surface area contributed by atoms with Gasteiger partial charge in [0.15, 0.2) is 17.3 Å². The molecule has 4 aromatic carbocycles. The third-order valence-corrected chi connectivity index (χ3v) is 24.1. The van der Waals surface area contributed by atoms with E-state index >= 15 is 0 Å². The number of unbranched alkanes of at least 4 members (excludes halogenated alkanes) is 1. The van der Waals surface area contributed by atoms with Gasteiger partial charge in [-0.3, -0.25) is 14.4 Å². The minimum absolute atomic E-state index is 0.0372. The summed E-state index contributed by atoms with van der Waals surface area (Å²) < 4.78 is 5.34. The van der Waals surface area contributed by atoms with Gasteiger partial charge in [0.2, 0.25) is 17.8 Å². The molecule has 2 atom stereocenters. The van der Waals surface area contributed by atoms with E-state index in [4.69, 9.17) is 25.9 Å². The molecule has 0 radical (unpaired) electrons. The number of aryl methyl sites for hydroxylation is 2. The van der Waals surface area contributed by atoms with Gasteiger partial charge in [0.25, 0.3) is 0 Å². The number of hydrogen-bond acceptors (Lipinski definition) is 17. The zero-order valence-electron chi connectivity index (χ0n) is 63.0. The number of aromatic nitrogens is 6. The van der Waals surface area contributed by atoms with Gasteiger partial charge in [0, 0.05) is 73.9 Å². The molecule has 560 valence electrons. The van der Waals surface area contributed by atoms with Gasteiger partial charge in [-0.25, -0.2) is 29.9 Å². The van der Waals surface area contributed by atoms with E-state index in [2.05, 4.69) is 135 Å². The number of furan rings is 1. The number of Topliss-reactive ketones (excluding diaryl/α,β-unsaturated/α-hetero) is 3. The van der Waals surface area contributed by atoms with Crippen LogP contribution < -0.4 is 16.0 Å². The largest absolute Gasteiger partial charge is 0.469 e. The van der Waals surface area contributed by atoms with Crippen LogP contribution in [0.3, 0.4) is 0 Å². The van der Waals surface area contributed by atoms with Crippen LogP contribution >= 0.6 is 34.0 Å². The SMILES string of the molecule is C#CCCC(CC)C(=O)c1ccc(-c2ccnc(Nc3cccc(CCCCO)c3)n2)s1.CCCC1CCC(Cc2cccc(Nc3nccc(-c4ccc(C(=O)CCc5ccco5)s4)n3)c2)CC1.CCCC1CCC(Cc2cccc(Nc3nccc(-c4ccc(C(=O)C[C@H](C)c5ccccc5)s4)n3)c2)CC1. The van der Waals surface area contributed by atoms with Gasteiger partial charge >= 0.3 is 0 Å². The number of nitrogens with zero attached hydrogens (tertiary/aromatic N) is 6. The molecule has 0 spiro atoms. The lowest BCUT2D eigenvalue weighted by Crippen LogP contribution is -2.16. The van der Waals surface area contributed by atoms with Crippen LogP contribution in [-0.2, 0) is 25.7 Å². The summed E-state index contributed by atoms with van der Waals surface area (Å²) in [6.45, 7) is 8.96. The molecule has 17 heteroatoms. The lowest BCUT2D eigenvalue weighted by Gasteiger charge is -2.28. The van der Waals surface area contributed by atoms with Gasteiger partial charge in [0.1, 0.15) is 5.76 Å². The number of benzene rings is 4. The normalized spacial score (nSPS) is 16.0. The molecule has 2 aliphatic carbocycles. The van der Waals surface area contributed by atoms with E-state index in [1.54, 1.807) is 24.9 Å². The van der Waals surface area contributed by atoms with Crippen molar-refractivity contribution in [2.75, 3.05) is 22.6 Å². The second-order valence-corrected chi connectivity index (χ2v) is 32.1. The van der Waals surface area contributed by atoms with Crippen molar-refractivity contribution in [3.63, 3.8) is 0 Å². The maximum Gasteiger partial charge on any atom is 0.227 e. The Labute approximate surface area is 650 Å². The topological polar surface area (TPSA) is 198 Å². The molecule has 1 unspecified atom stereocenters. The fraction of sp³-hybridized carbons (Fsp3) is 0.374. The Kier molecular flexibility index (Phi) is 30.7. The molecule has 2 fully saturated rings. The number of ketones is 3. The first-order valence-electron chi connectivity index (χ1n) is 39.0. The van der Waals surface area contributed by atoms with Crippen molar-refractivity contribution < 1.29 is 23.9 Å². The lowest BCUT2D eigenvalue weighted by atomic mass is 9.78. The smallest absolute Gasteiger partial charge is 0.227 e. The van der Waals surface area contributed by atoms with Gasteiger partial charge in [0.05, 0.1) is 52.6 Å². The number of nitrogens with one attached hydrogen (secondary N) is 3. The average Bonchev–Trinajstić information content (AvgIpc) is 1.65. The molecule has 0 amide bonds. The van der Waals surface area contributed by atoms with Crippen LogP contribution in [0.5, 0.6) is 0 Å². The van der Waals surface area contributed by atoms with E-state index < -0.39 is 0 Å². The summed E-state index contributed by atoms with van der Waals surface area (Å²) in [6.07, 6.45) is 37.2. The molecular weight excluding hydrogens is 1400 g/mol. The predicted molar refractivity (Wildman–Crippen MR) is 445 cm³/mol. The Morgan fingerprint density at radius 1 is 0.528 bits per heavy atom. The van der Waals surface area contributed by atoms with Crippen molar-refractivity contribution in [3.8, 4) is 44.1 Å². The molecule has 108 heavy (non-hydrogen) atoms. The number of aliphatic hydroxyl groups excluding tert-OH is 1. The zero-order valence-corrected chi connectivity index (χ0v) is 65.4. The van der Waals surface area contributed by atoms with Crippen molar-refractivity contribution in [2.24, 2.45) is 29.6 Å². The maximum absolute atomic E-state index is 13.0. The highest BCUT2D eigenvalue weighted by atomic mass is 32.1. The van der Waals surface area contributed by atoms with Crippen molar-refractivity contribution >= 4 is 86.3 Å². The van der Waals surface area contributed by atoms with Crippen LogP contribution in [0.15, 0.2) is 199 Å². The Morgan fingerprint density at radius 2 is 1.00 bits per heavy atom. The van der Waals surface area contributed by atoms with Crippen LogP contribution in [0.25, 0.3) is 31.7 Å². The van der Waals surface area contributed by atoms with Gasteiger partial charge in [-0.05, 0) is 226 Å². The molecule has 13 rings (SSSR count). The molecular formula is C91H103N9O5S3. The Balaban J connectivity index is 0.000000162. The summed E-state index contributed by atoms with van der Waals surface area (Å²) in [5, 5.41) is 19.0. The van der Waals surface area contributed by atoms with Gasteiger partial charge in [-0.15, -0.1) is 46.4 Å². The van der Waals surface area contributed by atoms with Crippen LogP contribution in [0, 0.1) is 41.9 Å². The molecule has 14 nitrogen and oxygen atoms in total. The standard InChI is InChI=1S/C34H39N3OS.C31H35N3O2S.C26H29N3O2S/c1-3-8-25-13-15-26(16-14-25)22-27-9-7-12-29(23-27)36-34-35-20-19-30(37-34)32-17-18-33(39-32)31(38)21-24(2)28-10-5-4-6-11-28;1-2-5-22-9-11-23(12-10-22)20-24-6-3-7-25(21-24)33-31-32-18-17-27(34-31)29-15-16-30(37-29)28(35)14-13-26-8-4-19-36-26;1-3-5-11-20(4-2)25(31)24-14-13-23(32-24)22-15-16-27-26(29-22)28-21-12-8-10-19(18-21)9-6-7-17-30/h4-7,9-12,17-20,23-26H,3,8,13-16,21-22H2,1-2H3,(H,35,36,37);3-4,6-8,15-19,21-23H,2,5,9-14,20H2,1H3,(H,32,33,34);1,8,10,12-16,18,20,30H,4-7,9,11,17H2,2H3,(H,27,28,29)/t24-,25?,26?;;/m0../s1. The quantitative estimate of drug-likeness (QED) is 0.0169. The lowest BCUT2D eigenvalue weighted by molar-refractivity contribution is 0.0913. The first-order valence-corrected chi connectivity index (χ1v) is 41.4. The van der Waals surface area contributed by atoms with E-state index in [1.807, 2.05) is 104 Å². The molecule has 0 aliphatic heterocycles. The summed E-state index contributed by atoms with van der Waals surface area (Å²) >= 11 is 4.44.